The molecular formula is C12H17NO3. The van der Waals surface area contributed by atoms with Crippen LogP contribution in [-0.2, 0) is 9.53 Å². The van der Waals surface area contributed by atoms with E-state index in [9.17, 15) is 4.79 Å². The van der Waals surface area contributed by atoms with Crippen molar-refractivity contribution in [2.24, 2.45) is 0 Å². The van der Waals surface area contributed by atoms with Gasteiger partial charge in [-0.2, -0.15) is 0 Å². The summed E-state index contributed by atoms with van der Waals surface area (Å²) in [6.45, 7) is 4.89. The van der Waals surface area contributed by atoms with Crippen LogP contribution < -0.4 is 0 Å². The average molecular weight is 223 g/mol. The molecule has 0 amide bonds. The highest BCUT2D eigenvalue weighted by atomic mass is 16.5. The molecule has 0 radical (unpaired) electrons. The fourth-order valence-corrected chi connectivity index (χ4v) is 2.10. The van der Waals surface area contributed by atoms with Crippen molar-refractivity contribution in [3.63, 3.8) is 0 Å². The maximum absolute atomic E-state index is 11.5. The van der Waals surface area contributed by atoms with Gasteiger partial charge >= 0.3 is 5.97 Å². The van der Waals surface area contributed by atoms with Crippen LogP contribution >= 0.6 is 0 Å². The second kappa shape index (κ2) is 4.29. The standard InChI is InChI=1S/C12H17NO3/c1-8-4-5-11(16-8)9(2)13-7-6-10(13)12(14)15-3/h4-5,9-10H,6-7H2,1-3H3. The maximum atomic E-state index is 11.5. The molecule has 1 fully saturated rings. The summed E-state index contributed by atoms with van der Waals surface area (Å²) >= 11 is 0. The lowest BCUT2D eigenvalue weighted by Gasteiger charge is -2.42. The molecule has 0 saturated carbocycles. The summed E-state index contributed by atoms with van der Waals surface area (Å²) < 4.78 is 10.3. The van der Waals surface area contributed by atoms with E-state index in [0.29, 0.717) is 0 Å². The van der Waals surface area contributed by atoms with Crippen molar-refractivity contribution in [2.75, 3.05) is 13.7 Å². The fourth-order valence-electron chi connectivity index (χ4n) is 2.10. The number of ether oxygens (including phenoxy) is 1. The van der Waals surface area contributed by atoms with Crippen LogP contribution in [0.2, 0.25) is 0 Å². The van der Waals surface area contributed by atoms with Gasteiger partial charge in [-0.15, -0.1) is 0 Å². The number of carbonyl (C=O) groups is 1. The Labute approximate surface area is 95.2 Å². The summed E-state index contributed by atoms with van der Waals surface area (Å²) in [4.78, 5) is 13.6. The monoisotopic (exact) mass is 223 g/mol. The molecule has 1 aromatic heterocycles. The predicted molar refractivity (Wildman–Crippen MR) is 59.0 cm³/mol. The Morgan fingerprint density at radius 1 is 1.62 bits per heavy atom. The fraction of sp³-hybridized carbons (Fsp3) is 0.583. The van der Waals surface area contributed by atoms with Gasteiger partial charge in [0.1, 0.15) is 17.6 Å². The quantitative estimate of drug-likeness (QED) is 0.734. The highest BCUT2D eigenvalue weighted by Crippen LogP contribution is 2.31. The van der Waals surface area contributed by atoms with Gasteiger partial charge in [0.25, 0.3) is 0 Å². The van der Waals surface area contributed by atoms with Crippen LogP contribution in [0.25, 0.3) is 0 Å². The molecule has 0 bridgehead atoms. The van der Waals surface area contributed by atoms with E-state index in [1.807, 2.05) is 26.0 Å². The number of aryl methyl sites for hydroxylation is 1. The Morgan fingerprint density at radius 3 is 2.81 bits per heavy atom. The van der Waals surface area contributed by atoms with E-state index in [0.717, 1.165) is 24.5 Å². The van der Waals surface area contributed by atoms with Gasteiger partial charge in [-0.3, -0.25) is 9.69 Å². The average Bonchev–Trinajstić information content (AvgIpc) is 2.63. The van der Waals surface area contributed by atoms with Crippen LogP contribution in [-0.4, -0.2) is 30.6 Å². The minimum absolute atomic E-state index is 0.106. The Kier molecular flexibility index (Phi) is 3.01. The van der Waals surface area contributed by atoms with Crippen molar-refractivity contribution in [3.05, 3.63) is 23.7 Å². The first-order valence-electron chi connectivity index (χ1n) is 5.53. The SMILES string of the molecule is COC(=O)C1CCN1C(C)c1ccc(C)o1. The highest BCUT2D eigenvalue weighted by Gasteiger charge is 2.39. The number of carbonyl (C=O) groups excluding carboxylic acids is 1. The van der Waals surface area contributed by atoms with Crippen molar-refractivity contribution < 1.29 is 13.9 Å². The molecule has 1 saturated heterocycles. The van der Waals surface area contributed by atoms with Gasteiger partial charge in [0.2, 0.25) is 0 Å². The summed E-state index contributed by atoms with van der Waals surface area (Å²) in [6, 6.07) is 3.93. The third-order valence-corrected chi connectivity index (χ3v) is 3.20. The van der Waals surface area contributed by atoms with Gasteiger partial charge in [0.05, 0.1) is 13.2 Å². The lowest BCUT2D eigenvalue weighted by Crippen LogP contribution is -2.53. The molecule has 2 heterocycles. The smallest absolute Gasteiger partial charge is 0.323 e. The van der Waals surface area contributed by atoms with Crippen molar-refractivity contribution in [3.8, 4) is 0 Å². The lowest BCUT2D eigenvalue weighted by atomic mass is 9.99. The number of likely N-dealkylation sites (tertiary alicyclic amines) is 1. The van der Waals surface area contributed by atoms with E-state index in [1.165, 1.54) is 7.11 Å². The summed E-state index contributed by atoms with van der Waals surface area (Å²) in [6.07, 6.45) is 0.872. The van der Waals surface area contributed by atoms with Crippen molar-refractivity contribution in [2.45, 2.75) is 32.4 Å². The van der Waals surface area contributed by atoms with E-state index in [2.05, 4.69) is 4.90 Å². The van der Waals surface area contributed by atoms with E-state index in [1.54, 1.807) is 0 Å². The molecule has 0 N–H and O–H groups in total. The number of rotatable bonds is 3. The van der Waals surface area contributed by atoms with Crippen LogP contribution in [0.3, 0.4) is 0 Å². The third-order valence-electron chi connectivity index (χ3n) is 3.20. The number of nitrogens with zero attached hydrogens (tertiary/aromatic N) is 1. The molecule has 0 aromatic carbocycles. The van der Waals surface area contributed by atoms with Gasteiger partial charge in [0, 0.05) is 6.54 Å². The zero-order chi connectivity index (χ0) is 11.7. The zero-order valence-corrected chi connectivity index (χ0v) is 9.90. The summed E-state index contributed by atoms with van der Waals surface area (Å²) in [5.74, 6) is 1.66. The molecule has 4 nitrogen and oxygen atoms in total. The number of hydrogen-bond acceptors (Lipinski definition) is 4. The number of furan rings is 1. The third kappa shape index (κ3) is 1.85. The van der Waals surface area contributed by atoms with E-state index >= 15 is 0 Å². The van der Waals surface area contributed by atoms with Crippen molar-refractivity contribution >= 4 is 5.97 Å². The summed E-state index contributed by atoms with van der Waals surface area (Å²) in [5.41, 5.74) is 0. The molecule has 1 aromatic rings. The molecule has 4 heteroatoms. The first-order valence-corrected chi connectivity index (χ1v) is 5.53. The molecule has 0 spiro atoms. The van der Waals surface area contributed by atoms with Gasteiger partial charge in [-0.25, -0.2) is 0 Å². The molecule has 2 rings (SSSR count). The lowest BCUT2D eigenvalue weighted by molar-refractivity contribution is -0.154. The Balaban J connectivity index is 2.05. The second-order valence-electron chi connectivity index (χ2n) is 4.19. The first kappa shape index (κ1) is 11.2. The van der Waals surface area contributed by atoms with Crippen LogP contribution in [0.5, 0.6) is 0 Å². The van der Waals surface area contributed by atoms with Gasteiger partial charge < -0.3 is 9.15 Å². The van der Waals surface area contributed by atoms with Gasteiger partial charge in [-0.1, -0.05) is 0 Å². The Bertz CT molecular complexity index is 385. The summed E-state index contributed by atoms with van der Waals surface area (Å²) in [7, 11) is 1.43. The Hall–Kier alpha value is -1.29. The minimum Gasteiger partial charge on any atom is -0.468 e. The molecular weight excluding hydrogens is 206 g/mol. The van der Waals surface area contributed by atoms with Crippen LogP contribution in [0.4, 0.5) is 0 Å². The highest BCUT2D eigenvalue weighted by molar-refractivity contribution is 5.76. The molecule has 1 aliphatic rings. The molecule has 88 valence electrons. The zero-order valence-electron chi connectivity index (χ0n) is 9.90. The minimum atomic E-state index is -0.152. The molecule has 16 heavy (non-hydrogen) atoms. The van der Waals surface area contributed by atoms with Crippen molar-refractivity contribution in [1.82, 2.24) is 4.90 Å². The largest absolute Gasteiger partial charge is 0.468 e. The normalized spacial score (nSPS) is 22.6. The van der Waals surface area contributed by atoms with E-state index < -0.39 is 0 Å². The number of esters is 1. The molecule has 1 aliphatic heterocycles. The number of methoxy groups -OCH3 is 1. The predicted octanol–water partition coefficient (Wildman–Crippen LogP) is 1.90. The topological polar surface area (TPSA) is 42.7 Å². The molecule has 2 unspecified atom stereocenters. The van der Waals surface area contributed by atoms with Gasteiger partial charge in [-0.05, 0) is 32.4 Å². The van der Waals surface area contributed by atoms with E-state index in [-0.39, 0.29) is 18.1 Å². The first-order chi connectivity index (χ1) is 7.63. The van der Waals surface area contributed by atoms with Crippen LogP contribution in [0.1, 0.15) is 30.9 Å². The van der Waals surface area contributed by atoms with Crippen molar-refractivity contribution in [1.29, 1.82) is 0 Å². The maximum Gasteiger partial charge on any atom is 0.323 e. The molecule has 0 aliphatic carbocycles. The number of hydrogen-bond donors (Lipinski definition) is 0. The van der Waals surface area contributed by atoms with Crippen LogP contribution in [0.15, 0.2) is 16.5 Å². The van der Waals surface area contributed by atoms with E-state index in [4.69, 9.17) is 9.15 Å². The Morgan fingerprint density at radius 2 is 2.38 bits per heavy atom. The molecule has 2 atom stereocenters. The van der Waals surface area contributed by atoms with Gasteiger partial charge in [0.15, 0.2) is 0 Å². The van der Waals surface area contributed by atoms with Crippen LogP contribution in [0, 0.1) is 6.92 Å². The second-order valence-corrected chi connectivity index (χ2v) is 4.19. The summed E-state index contributed by atoms with van der Waals surface area (Å²) in [5, 5.41) is 0.